The molecule has 1 aliphatic heterocycles. The van der Waals surface area contributed by atoms with Crippen molar-refractivity contribution in [2.24, 2.45) is 10.7 Å². The van der Waals surface area contributed by atoms with Crippen molar-refractivity contribution in [3.05, 3.63) is 33.4 Å². The molecule has 0 spiro atoms. The number of halogens is 1. The third kappa shape index (κ3) is 2.02. The second kappa shape index (κ2) is 4.66. The van der Waals surface area contributed by atoms with Crippen LogP contribution in [0.5, 0.6) is 5.88 Å². The first-order chi connectivity index (χ1) is 9.52. The highest BCUT2D eigenvalue weighted by atomic mass is 35.5. The van der Waals surface area contributed by atoms with Crippen molar-refractivity contribution in [3.8, 4) is 5.88 Å². The zero-order chi connectivity index (χ0) is 14.4. The first kappa shape index (κ1) is 13.2. The van der Waals surface area contributed by atoms with E-state index in [0.29, 0.717) is 34.2 Å². The van der Waals surface area contributed by atoms with Crippen LogP contribution in [0.2, 0.25) is 5.02 Å². The van der Waals surface area contributed by atoms with Crippen molar-refractivity contribution >= 4 is 17.3 Å². The Bertz CT molecular complexity index is 647. The van der Waals surface area contributed by atoms with Crippen LogP contribution < -0.4 is 15.8 Å². The van der Waals surface area contributed by atoms with Gasteiger partial charge in [0, 0.05) is 13.1 Å². The van der Waals surface area contributed by atoms with Crippen LogP contribution in [0.25, 0.3) is 0 Å². The number of hydrogen-bond acceptors (Lipinski definition) is 5. The molecular formula is C14H17ClN4O. The molecule has 6 heteroatoms. The Labute approximate surface area is 122 Å². The fourth-order valence-corrected chi connectivity index (χ4v) is 2.46. The molecule has 2 heterocycles. The lowest BCUT2D eigenvalue weighted by molar-refractivity contribution is 0.436. The van der Waals surface area contributed by atoms with Gasteiger partial charge in [0.1, 0.15) is 11.5 Å². The van der Waals surface area contributed by atoms with E-state index in [4.69, 9.17) is 22.1 Å². The Morgan fingerprint density at radius 3 is 2.75 bits per heavy atom. The van der Waals surface area contributed by atoms with Gasteiger partial charge in [-0.25, -0.2) is 4.98 Å². The fourth-order valence-electron chi connectivity index (χ4n) is 2.32. The number of nitrogens with zero attached hydrogens (tertiary/aromatic N) is 2. The Morgan fingerprint density at radius 1 is 1.45 bits per heavy atom. The van der Waals surface area contributed by atoms with Crippen molar-refractivity contribution in [1.82, 2.24) is 10.3 Å². The van der Waals surface area contributed by atoms with Gasteiger partial charge >= 0.3 is 0 Å². The number of hydrogen-bond donors (Lipinski definition) is 2. The van der Waals surface area contributed by atoms with Gasteiger partial charge in [-0.3, -0.25) is 4.99 Å². The quantitative estimate of drug-likeness (QED) is 0.875. The maximum absolute atomic E-state index is 6.27. The number of nitrogens with two attached hydrogens (primary N) is 1. The largest absolute Gasteiger partial charge is 0.432 e. The van der Waals surface area contributed by atoms with Gasteiger partial charge in [-0.1, -0.05) is 11.6 Å². The highest BCUT2D eigenvalue weighted by molar-refractivity contribution is 6.33. The van der Waals surface area contributed by atoms with E-state index in [0.717, 1.165) is 29.7 Å². The van der Waals surface area contributed by atoms with E-state index in [1.165, 1.54) is 0 Å². The lowest BCUT2D eigenvalue weighted by Gasteiger charge is -2.08. The summed E-state index contributed by atoms with van der Waals surface area (Å²) in [5.41, 5.74) is 9.30. The molecule has 1 aromatic rings. The Balaban J connectivity index is 2.10. The van der Waals surface area contributed by atoms with Gasteiger partial charge in [0.2, 0.25) is 5.88 Å². The van der Waals surface area contributed by atoms with Crippen LogP contribution in [0, 0.1) is 13.8 Å². The number of rotatable bonds is 2. The van der Waals surface area contributed by atoms with Crippen molar-refractivity contribution in [1.29, 1.82) is 0 Å². The lowest BCUT2D eigenvalue weighted by Crippen LogP contribution is -2.27. The van der Waals surface area contributed by atoms with Gasteiger partial charge < -0.3 is 15.8 Å². The summed E-state index contributed by atoms with van der Waals surface area (Å²) in [5.74, 6) is 1.59. The van der Waals surface area contributed by atoms with Gasteiger partial charge in [0.25, 0.3) is 0 Å². The standard InChI is InChI=1S/C14H17ClN4O/c1-6-9-11(17-3)12(13(16)19-8-4-5-8)20-14(9)18-7(2)10(6)15/h8,19H,4-5,16H2,1-3H3/b13-12-,17-11-. The van der Waals surface area contributed by atoms with E-state index < -0.39 is 0 Å². The maximum Gasteiger partial charge on any atom is 0.229 e. The summed E-state index contributed by atoms with van der Waals surface area (Å²) in [6.45, 7) is 3.80. The molecule has 0 atom stereocenters. The summed E-state index contributed by atoms with van der Waals surface area (Å²) in [6, 6.07) is 0.451. The van der Waals surface area contributed by atoms with E-state index in [2.05, 4.69) is 15.3 Å². The first-order valence-electron chi connectivity index (χ1n) is 6.61. The van der Waals surface area contributed by atoms with Gasteiger partial charge in [-0.2, -0.15) is 0 Å². The summed E-state index contributed by atoms with van der Waals surface area (Å²) in [7, 11) is 1.71. The zero-order valence-corrected chi connectivity index (χ0v) is 12.5. The Kier molecular flexibility index (Phi) is 3.09. The molecule has 106 valence electrons. The van der Waals surface area contributed by atoms with Crippen LogP contribution in [0.4, 0.5) is 0 Å². The molecule has 0 amide bonds. The maximum atomic E-state index is 6.27. The van der Waals surface area contributed by atoms with Crippen LogP contribution in [0.3, 0.4) is 0 Å². The SMILES string of the molecule is C/N=C1\C(=C(/N)NC2CC2)Oc2nc(C)c(Cl)c(C)c21. The molecule has 0 radical (unpaired) electrons. The number of fused-ring (bicyclic) bond motifs is 1. The molecule has 1 fully saturated rings. The van der Waals surface area contributed by atoms with E-state index in [1.807, 2.05) is 13.8 Å². The summed E-state index contributed by atoms with van der Waals surface area (Å²) < 4.78 is 5.81. The molecule has 0 aromatic carbocycles. The Morgan fingerprint density at radius 2 is 2.15 bits per heavy atom. The highest BCUT2D eigenvalue weighted by Crippen LogP contribution is 2.37. The fraction of sp³-hybridized carbons (Fsp3) is 0.429. The molecule has 1 saturated carbocycles. The van der Waals surface area contributed by atoms with Gasteiger partial charge in [0.15, 0.2) is 5.76 Å². The second-order valence-corrected chi connectivity index (χ2v) is 5.53. The van der Waals surface area contributed by atoms with Gasteiger partial charge in [-0.05, 0) is 32.3 Å². The molecule has 5 nitrogen and oxygen atoms in total. The molecule has 3 rings (SSSR count). The molecule has 3 N–H and O–H groups in total. The summed E-state index contributed by atoms with van der Waals surface area (Å²) in [6.07, 6.45) is 2.28. The molecule has 0 saturated heterocycles. The Hall–Kier alpha value is -1.75. The van der Waals surface area contributed by atoms with Crippen molar-refractivity contribution in [2.45, 2.75) is 32.7 Å². The van der Waals surface area contributed by atoms with Crippen LogP contribution in [0.1, 0.15) is 29.7 Å². The topological polar surface area (TPSA) is 72.5 Å². The zero-order valence-electron chi connectivity index (χ0n) is 11.7. The monoisotopic (exact) mass is 292 g/mol. The number of allylic oxidation sites excluding steroid dienone is 1. The summed E-state index contributed by atoms with van der Waals surface area (Å²) >= 11 is 6.27. The molecular weight excluding hydrogens is 276 g/mol. The van der Waals surface area contributed by atoms with E-state index in [1.54, 1.807) is 7.05 Å². The second-order valence-electron chi connectivity index (χ2n) is 5.15. The number of aryl methyl sites for hydroxylation is 1. The normalized spacial score (nSPS) is 21.7. The average molecular weight is 293 g/mol. The first-order valence-corrected chi connectivity index (χ1v) is 6.99. The van der Waals surface area contributed by atoms with E-state index >= 15 is 0 Å². The predicted octanol–water partition coefficient (Wildman–Crippen LogP) is 2.04. The lowest BCUT2D eigenvalue weighted by atomic mass is 10.1. The number of aromatic nitrogens is 1. The predicted molar refractivity (Wildman–Crippen MR) is 79.2 cm³/mol. The number of pyridine rings is 1. The molecule has 0 unspecified atom stereocenters. The number of nitrogens with one attached hydrogen (secondary N) is 1. The minimum absolute atomic E-state index is 0.451. The van der Waals surface area contributed by atoms with Crippen LogP contribution in [0.15, 0.2) is 16.6 Å². The highest BCUT2D eigenvalue weighted by Gasteiger charge is 2.33. The molecule has 20 heavy (non-hydrogen) atoms. The van der Waals surface area contributed by atoms with E-state index in [9.17, 15) is 0 Å². The smallest absolute Gasteiger partial charge is 0.229 e. The summed E-state index contributed by atoms with van der Waals surface area (Å²) in [4.78, 5) is 8.69. The van der Waals surface area contributed by atoms with E-state index in [-0.39, 0.29) is 0 Å². The summed E-state index contributed by atoms with van der Waals surface area (Å²) in [5, 5.41) is 3.88. The number of aliphatic imine (C=N–C) groups is 1. The molecule has 2 aliphatic rings. The average Bonchev–Trinajstić information content (AvgIpc) is 3.14. The van der Waals surface area contributed by atoms with Crippen LogP contribution in [-0.2, 0) is 0 Å². The van der Waals surface area contributed by atoms with Crippen molar-refractivity contribution in [3.63, 3.8) is 0 Å². The molecule has 1 aromatic heterocycles. The van der Waals surface area contributed by atoms with Crippen LogP contribution in [-0.4, -0.2) is 23.8 Å². The third-order valence-electron chi connectivity index (χ3n) is 3.56. The minimum Gasteiger partial charge on any atom is -0.432 e. The van der Waals surface area contributed by atoms with Crippen molar-refractivity contribution < 1.29 is 4.74 Å². The molecule has 1 aliphatic carbocycles. The minimum atomic E-state index is 0.451. The third-order valence-corrected chi connectivity index (χ3v) is 4.12. The number of ether oxygens (including phenoxy) is 1. The molecule has 0 bridgehead atoms. The van der Waals surface area contributed by atoms with Crippen molar-refractivity contribution in [2.75, 3.05) is 7.05 Å². The van der Waals surface area contributed by atoms with Gasteiger partial charge in [-0.15, -0.1) is 0 Å². The van der Waals surface area contributed by atoms with Crippen LogP contribution >= 0.6 is 11.6 Å². The van der Waals surface area contributed by atoms with Gasteiger partial charge in [0.05, 0.1) is 16.3 Å².